The van der Waals surface area contributed by atoms with Crippen LogP contribution in [0.5, 0.6) is 0 Å². The van der Waals surface area contributed by atoms with Crippen LogP contribution in [0.25, 0.3) is 0 Å². The van der Waals surface area contributed by atoms with E-state index in [9.17, 15) is 13.2 Å². The largest absolute Gasteiger partial charge is 0.390 e. The van der Waals surface area contributed by atoms with E-state index in [1.54, 1.807) is 6.92 Å². The Morgan fingerprint density at radius 1 is 1.25 bits per heavy atom. The second-order valence-corrected chi connectivity index (χ2v) is 4.81. The van der Waals surface area contributed by atoms with Gasteiger partial charge in [-0.1, -0.05) is 0 Å². The van der Waals surface area contributed by atoms with E-state index in [1.165, 1.54) is 0 Å². The molecule has 0 aromatic heterocycles. The highest BCUT2D eigenvalue weighted by molar-refractivity contribution is 4.81. The summed E-state index contributed by atoms with van der Waals surface area (Å²) < 4.78 is 42.0. The van der Waals surface area contributed by atoms with Gasteiger partial charge in [0.15, 0.2) is 0 Å². The van der Waals surface area contributed by atoms with Gasteiger partial charge in [0.2, 0.25) is 0 Å². The highest BCUT2D eigenvalue weighted by Gasteiger charge is 2.32. The SMILES string of the molecule is CC(CC(F)(F)F)NC1CC(C)OC(C)C1. The minimum atomic E-state index is -4.09. The first kappa shape index (κ1) is 13.8. The van der Waals surface area contributed by atoms with Crippen LogP contribution in [0.4, 0.5) is 13.2 Å². The van der Waals surface area contributed by atoms with E-state index in [4.69, 9.17) is 4.74 Å². The summed E-state index contributed by atoms with van der Waals surface area (Å²) in [6.07, 6.45) is -3.04. The van der Waals surface area contributed by atoms with Crippen LogP contribution >= 0.6 is 0 Å². The molecule has 0 aliphatic carbocycles. The standard InChI is InChI=1S/C11H20F3NO/c1-7(6-11(12,13)14)15-10-4-8(2)16-9(3)5-10/h7-10,15H,4-6H2,1-3H3. The molecule has 1 rings (SSSR count). The monoisotopic (exact) mass is 239 g/mol. The van der Waals surface area contributed by atoms with Crippen molar-refractivity contribution in [2.45, 2.75) is 70.5 Å². The van der Waals surface area contributed by atoms with E-state index in [2.05, 4.69) is 5.32 Å². The summed E-state index contributed by atoms with van der Waals surface area (Å²) in [4.78, 5) is 0. The van der Waals surface area contributed by atoms with Gasteiger partial charge in [0.05, 0.1) is 18.6 Å². The lowest BCUT2D eigenvalue weighted by Crippen LogP contribution is -2.45. The van der Waals surface area contributed by atoms with Crippen LogP contribution in [0.15, 0.2) is 0 Å². The van der Waals surface area contributed by atoms with Crippen molar-refractivity contribution in [2.75, 3.05) is 0 Å². The van der Waals surface area contributed by atoms with Crippen molar-refractivity contribution in [3.05, 3.63) is 0 Å². The highest BCUT2D eigenvalue weighted by Crippen LogP contribution is 2.24. The average Bonchev–Trinajstić information content (AvgIpc) is 1.96. The molecule has 1 saturated heterocycles. The van der Waals surface area contributed by atoms with Gasteiger partial charge in [-0.3, -0.25) is 0 Å². The Labute approximate surface area is 94.5 Å². The minimum Gasteiger partial charge on any atom is -0.375 e. The molecule has 96 valence electrons. The summed E-state index contributed by atoms with van der Waals surface area (Å²) in [7, 11) is 0. The number of hydrogen-bond donors (Lipinski definition) is 1. The molecule has 1 N–H and O–H groups in total. The molecule has 1 heterocycles. The van der Waals surface area contributed by atoms with Crippen molar-refractivity contribution in [1.29, 1.82) is 0 Å². The van der Waals surface area contributed by atoms with Crippen LogP contribution in [0.3, 0.4) is 0 Å². The maximum atomic E-state index is 12.1. The van der Waals surface area contributed by atoms with Crippen LogP contribution in [-0.4, -0.2) is 30.5 Å². The van der Waals surface area contributed by atoms with E-state index in [1.807, 2.05) is 13.8 Å². The second-order valence-electron chi connectivity index (χ2n) is 4.81. The summed E-state index contributed by atoms with van der Waals surface area (Å²) in [5.41, 5.74) is 0. The molecule has 0 radical (unpaired) electrons. The van der Waals surface area contributed by atoms with Crippen LogP contribution in [0, 0.1) is 0 Å². The third-order valence-corrected chi connectivity index (χ3v) is 2.76. The van der Waals surface area contributed by atoms with E-state index >= 15 is 0 Å². The van der Waals surface area contributed by atoms with Crippen molar-refractivity contribution < 1.29 is 17.9 Å². The normalized spacial score (nSPS) is 33.8. The lowest BCUT2D eigenvalue weighted by molar-refractivity contribution is -0.140. The Morgan fingerprint density at radius 2 is 1.75 bits per heavy atom. The maximum absolute atomic E-state index is 12.1. The molecule has 1 fully saturated rings. The first-order valence-electron chi connectivity index (χ1n) is 5.74. The molecule has 0 amide bonds. The first-order chi connectivity index (χ1) is 7.26. The Kier molecular flexibility index (Phi) is 4.62. The summed E-state index contributed by atoms with van der Waals surface area (Å²) in [5.74, 6) is 0. The Bertz CT molecular complexity index is 210. The first-order valence-corrected chi connectivity index (χ1v) is 5.74. The van der Waals surface area contributed by atoms with Crippen molar-refractivity contribution in [3.8, 4) is 0 Å². The predicted octanol–water partition coefficient (Wildman–Crippen LogP) is 2.87. The number of alkyl halides is 3. The van der Waals surface area contributed by atoms with Gasteiger partial charge in [-0.2, -0.15) is 13.2 Å². The molecule has 0 aromatic carbocycles. The quantitative estimate of drug-likeness (QED) is 0.817. The third kappa shape index (κ3) is 5.16. The van der Waals surface area contributed by atoms with Crippen molar-refractivity contribution in [1.82, 2.24) is 5.32 Å². The fraction of sp³-hybridized carbons (Fsp3) is 1.00. The van der Waals surface area contributed by atoms with Crippen LogP contribution in [0.2, 0.25) is 0 Å². The van der Waals surface area contributed by atoms with Gasteiger partial charge in [-0.25, -0.2) is 0 Å². The molecule has 0 bridgehead atoms. The number of ether oxygens (including phenoxy) is 1. The number of nitrogens with one attached hydrogen (secondary N) is 1. The van der Waals surface area contributed by atoms with E-state index in [-0.39, 0.29) is 18.2 Å². The van der Waals surface area contributed by atoms with E-state index in [0.717, 1.165) is 12.8 Å². The topological polar surface area (TPSA) is 21.3 Å². The molecule has 5 heteroatoms. The van der Waals surface area contributed by atoms with E-state index < -0.39 is 18.6 Å². The highest BCUT2D eigenvalue weighted by atomic mass is 19.4. The lowest BCUT2D eigenvalue weighted by atomic mass is 9.99. The molecule has 16 heavy (non-hydrogen) atoms. The molecular weight excluding hydrogens is 219 g/mol. The molecule has 0 aromatic rings. The van der Waals surface area contributed by atoms with Crippen molar-refractivity contribution >= 4 is 0 Å². The van der Waals surface area contributed by atoms with Gasteiger partial charge in [-0.15, -0.1) is 0 Å². The lowest BCUT2D eigenvalue weighted by Gasteiger charge is -2.34. The fourth-order valence-electron chi connectivity index (χ4n) is 2.35. The van der Waals surface area contributed by atoms with Gasteiger partial charge in [0.1, 0.15) is 0 Å². The second kappa shape index (κ2) is 5.36. The molecular formula is C11H20F3NO. The minimum absolute atomic E-state index is 0.124. The smallest absolute Gasteiger partial charge is 0.375 e. The van der Waals surface area contributed by atoms with Crippen LogP contribution in [-0.2, 0) is 4.74 Å². The summed E-state index contributed by atoms with van der Waals surface area (Å²) in [5, 5.41) is 3.04. The molecule has 0 spiro atoms. The maximum Gasteiger partial charge on any atom is 0.390 e. The van der Waals surface area contributed by atoms with E-state index in [0.29, 0.717) is 0 Å². The molecule has 0 saturated carbocycles. The van der Waals surface area contributed by atoms with Crippen molar-refractivity contribution in [3.63, 3.8) is 0 Å². The Morgan fingerprint density at radius 3 is 2.19 bits per heavy atom. The molecule has 3 atom stereocenters. The van der Waals surface area contributed by atoms with Crippen LogP contribution < -0.4 is 5.32 Å². The van der Waals surface area contributed by atoms with Gasteiger partial charge in [0.25, 0.3) is 0 Å². The number of halogens is 3. The number of hydrogen-bond acceptors (Lipinski definition) is 2. The molecule has 3 unspecified atom stereocenters. The van der Waals surface area contributed by atoms with Gasteiger partial charge < -0.3 is 10.1 Å². The van der Waals surface area contributed by atoms with Crippen molar-refractivity contribution in [2.24, 2.45) is 0 Å². The fourth-order valence-corrected chi connectivity index (χ4v) is 2.35. The van der Waals surface area contributed by atoms with Gasteiger partial charge in [-0.05, 0) is 33.6 Å². The van der Waals surface area contributed by atoms with Crippen LogP contribution in [0.1, 0.15) is 40.0 Å². The number of rotatable bonds is 3. The zero-order chi connectivity index (χ0) is 12.3. The molecule has 1 aliphatic rings. The molecule has 2 nitrogen and oxygen atoms in total. The average molecular weight is 239 g/mol. The zero-order valence-electron chi connectivity index (χ0n) is 9.97. The third-order valence-electron chi connectivity index (χ3n) is 2.76. The predicted molar refractivity (Wildman–Crippen MR) is 56.3 cm³/mol. The summed E-state index contributed by atoms with van der Waals surface area (Å²) in [6, 6.07) is -0.390. The zero-order valence-corrected chi connectivity index (χ0v) is 9.97. The summed E-state index contributed by atoms with van der Waals surface area (Å²) >= 11 is 0. The van der Waals surface area contributed by atoms with Gasteiger partial charge >= 0.3 is 6.18 Å². The summed E-state index contributed by atoms with van der Waals surface area (Å²) in [6.45, 7) is 5.50. The molecule has 1 aliphatic heterocycles. The Hall–Kier alpha value is -0.290. The Balaban J connectivity index is 2.35. The van der Waals surface area contributed by atoms with Gasteiger partial charge in [0, 0.05) is 12.1 Å².